The normalized spacial score (nSPS) is 15.7. The van der Waals surface area contributed by atoms with Gasteiger partial charge in [0, 0.05) is 26.8 Å². The summed E-state index contributed by atoms with van der Waals surface area (Å²) in [5, 5.41) is 14.2. The van der Waals surface area contributed by atoms with Crippen molar-refractivity contribution in [1.82, 2.24) is 5.32 Å². The van der Waals surface area contributed by atoms with Crippen molar-refractivity contribution in [3.8, 4) is 0 Å². The standard InChI is InChI=1S/C9H14BrNOS/c1-6(4-12)11-7(2)9-3-8(10)5-13-9/h3,5-7,11-12H,4H2,1-2H3/t6-,7-/m0/s1. The maximum atomic E-state index is 8.87. The van der Waals surface area contributed by atoms with Gasteiger partial charge in [-0.15, -0.1) is 11.3 Å². The molecule has 74 valence electrons. The maximum Gasteiger partial charge on any atom is 0.0582 e. The van der Waals surface area contributed by atoms with Crippen LogP contribution in [0.4, 0.5) is 0 Å². The topological polar surface area (TPSA) is 32.3 Å². The van der Waals surface area contributed by atoms with E-state index < -0.39 is 0 Å². The first kappa shape index (κ1) is 11.2. The van der Waals surface area contributed by atoms with Crippen molar-refractivity contribution < 1.29 is 5.11 Å². The average Bonchev–Trinajstić information content (AvgIpc) is 2.51. The summed E-state index contributed by atoms with van der Waals surface area (Å²) in [4.78, 5) is 1.28. The smallest absolute Gasteiger partial charge is 0.0582 e. The summed E-state index contributed by atoms with van der Waals surface area (Å²) in [5.41, 5.74) is 0. The van der Waals surface area contributed by atoms with Crippen LogP contribution in [0.2, 0.25) is 0 Å². The van der Waals surface area contributed by atoms with Crippen LogP contribution in [0.15, 0.2) is 15.9 Å². The van der Waals surface area contributed by atoms with Crippen molar-refractivity contribution >= 4 is 27.3 Å². The van der Waals surface area contributed by atoms with E-state index >= 15 is 0 Å². The van der Waals surface area contributed by atoms with Gasteiger partial charge in [-0.2, -0.15) is 0 Å². The molecule has 1 rings (SSSR count). The minimum atomic E-state index is 0.149. The summed E-state index contributed by atoms with van der Waals surface area (Å²) in [6, 6.07) is 2.56. The summed E-state index contributed by atoms with van der Waals surface area (Å²) >= 11 is 5.14. The summed E-state index contributed by atoms with van der Waals surface area (Å²) in [6.07, 6.45) is 0. The number of rotatable bonds is 4. The molecule has 0 radical (unpaired) electrons. The number of aliphatic hydroxyl groups excluding tert-OH is 1. The molecule has 0 aliphatic heterocycles. The molecule has 1 aromatic heterocycles. The second-order valence-corrected chi connectivity index (χ2v) is 5.00. The van der Waals surface area contributed by atoms with Crippen molar-refractivity contribution in [3.05, 3.63) is 20.8 Å². The van der Waals surface area contributed by atoms with Gasteiger partial charge in [0.1, 0.15) is 0 Å². The second kappa shape index (κ2) is 5.10. The van der Waals surface area contributed by atoms with E-state index in [1.807, 2.05) is 6.92 Å². The Morgan fingerprint density at radius 2 is 2.31 bits per heavy atom. The van der Waals surface area contributed by atoms with E-state index in [1.165, 1.54) is 4.88 Å². The van der Waals surface area contributed by atoms with E-state index in [-0.39, 0.29) is 12.6 Å². The highest BCUT2D eigenvalue weighted by molar-refractivity contribution is 9.10. The quantitative estimate of drug-likeness (QED) is 0.876. The van der Waals surface area contributed by atoms with Crippen molar-refractivity contribution in [2.45, 2.75) is 25.9 Å². The van der Waals surface area contributed by atoms with Crippen molar-refractivity contribution in [3.63, 3.8) is 0 Å². The van der Waals surface area contributed by atoms with Gasteiger partial charge in [-0.3, -0.25) is 0 Å². The van der Waals surface area contributed by atoms with Crippen LogP contribution in [0.5, 0.6) is 0 Å². The van der Waals surface area contributed by atoms with Gasteiger partial charge in [-0.25, -0.2) is 0 Å². The summed E-state index contributed by atoms with van der Waals surface area (Å²) in [7, 11) is 0. The summed E-state index contributed by atoms with van der Waals surface area (Å²) in [5.74, 6) is 0. The van der Waals surface area contributed by atoms with Gasteiger partial charge in [0.2, 0.25) is 0 Å². The first-order valence-electron chi connectivity index (χ1n) is 4.24. The number of hydrogen-bond acceptors (Lipinski definition) is 3. The van der Waals surface area contributed by atoms with Crippen LogP contribution in [-0.2, 0) is 0 Å². The molecular weight excluding hydrogens is 250 g/mol. The lowest BCUT2D eigenvalue weighted by atomic mass is 10.2. The predicted octanol–water partition coefficient (Wildman–Crippen LogP) is 2.54. The molecule has 1 heterocycles. The van der Waals surface area contributed by atoms with Crippen LogP contribution in [0, 0.1) is 0 Å². The van der Waals surface area contributed by atoms with Gasteiger partial charge in [-0.05, 0) is 35.8 Å². The summed E-state index contributed by atoms with van der Waals surface area (Å²) < 4.78 is 1.12. The van der Waals surface area contributed by atoms with Crippen LogP contribution in [-0.4, -0.2) is 17.8 Å². The molecule has 0 spiro atoms. The molecule has 0 amide bonds. The van der Waals surface area contributed by atoms with Crippen LogP contribution < -0.4 is 5.32 Å². The fraction of sp³-hybridized carbons (Fsp3) is 0.556. The third-order valence-corrected chi connectivity index (χ3v) is 3.70. The molecule has 0 unspecified atom stereocenters. The number of nitrogens with one attached hydrogen (secondary N) is 1. The Balaban J connectivity index is 2.53. The zero-order chi connectivity index (χ0) is 9.84. The zero-order valence-electron chi connectivity index (χ0n) is 7.75. The Hall–Kier alpha value is 0.1000. The van der Waals surface area contributed by atoms with E-state index in [4.69, 9.17) is 5.11 Å². The first-order chi connectivity index (χ1) is 6.13. The van der Waals surface area contributed by atoms with Crippen molar-refractivity contribution in [2.24, 2.45) is 0 Å². The van der Waals surface area contributed by atoms with Crippen LogP contribution in [0.25, 0.3) is 0 Å². The minimum absolute atomic E-state index is 0.149. The Labute approximate surface area is 91.1 Å². The van der Waals surface area contributed by atoms with Gasteiger partial charge < -0.3 is 10.4 Å². The molecule has 4 heteroatoms. The van der Waals surface area contributed by atoms with Crippen molar-refractivity contribution in [1.29, 1.82) is 0 Å². The third-order valence-electron chi connectivity index (χ3n) is 1.82. The third kappa shape index (κ3) is 3.38. The van der Waals surface area contributed by atoms with E-state index in [2.05, 4.69) is 39.6 Å². The SMILES string of the molecule is C[C@H](N[C@@H](C)CO)c1cc(Br)cs1. The average molecular weight is 264 g/mol. The lowest BCUT2D eigenvalue weighted by Crippen LogP contribution is -2.31. The van der Waals surface area contributed by atoms with Crippen LogP contribution >= 0.6 is 27.3 Å². The summed E-state index contributed by atoms with van der Waals surface area (Å²) in [6.45, 7) is 4.25. The van der Waals surface area contributed by atoms with Crippen LogP contribution in [0.1, 0.15) is 24.8 Å². The van der Waals surface area contributed by atoms with Gasteiger partial charge in [-0.1, -0.05) is 0 Å². The fourth-order valence-corrected chi connectivity index (χ4v) is 2.58. The molecule has 0 aliphatic rings. The zero-order valence-corrected chi connectivity index (χ0v) is 10.2. The Morgan fingerprint density at radius 1 is 1.62 bits per heavy atom. The fourth-order valence-electron chi connectivity index (χ4n) is 1.12. The largest absolute Gasteiger partial charge is 0.395 e. The Kier molecular flexibility index (Phi) is 4.38. The Morgan fingerprint density at radius 3 is 2.77 bits per heavy atom. The van der Waals surface area contributed by atoms with Gasteiger partial charge in [0.05, 0.1) is 6.61 Å². The molecule has 13 heavy (non-hydrogen) atoms. The highest BCUT2D eigenvalue weighted by atomic mass is 79.9. The van der Waals surface area contributed by atoms with E-state index in [9.17, 15) is 0 Å². The second-order valence-electron chi connectivity index (χ2n) is 3.14. The van der Waals surface area contributed by atoms with Gasteiger partial charge in [0.25, 0.3) is 0 Å². The van der Waals surface area contributed by atoms with Gasteiger partial charge >= 0.3 is 0 Å². The number of hydrogen-bond donors (Lipinski definition) is 2. The molecule has 2 N–H and O–H groups in total. The first-order valence-corrected chi connectivity index (χ1v) is 5.91. The van der Waals surface area contributed by atoms with Gasteiger partial charge in [0.15, 0.2) is 0 Å². The van der Waals surface area contributed by atoms with Crippen LogP contribution in [0.3, 0.4) is 0 Å². The number of aliphatic hydroxyl groups is 1. The molecular formula is C9H14BrNOS. The Bertz CT molecular complexity index is 264. The molecule has 2 atom stereocenters. The molecule has 0 saturated heterocycles. The minimum Gasteiger partial charge on any atom is -0.395 e. The predicted molar refractivity (Wildman–Crippen MR) is 60.1 cm³/mol. The maximum absolute atomic E-state index is 8.87. The lowest BCUT2D eigenvalue weighted by Gasteiger charge is -2.16. The van der Waals surface area contributed by atoms with E-state index in [0.29, 0.717) is 6.04 Å². The number of halogens is 1. The highest BCUT2D eigenvalue weighted by Crippen LogP contribution is 2.25. The molecule has 1 aromatic rings. The highest BCUT2D eigenvalue weighted by Gasteiger charge is 2.10. The van der Waals surface area contributed by atoms with Crippen molar-refractivity contribution in [2.75, 3.05) is 6.61 Å². The lowest BCUT2D eigenvalue weighted by molar-refractivity contribution is 0.243. The molecule has 0 fully saturated rings. The molecule has 0 saturated carbocycles. The van der Waals surface area contributed by atoms with E-state index in [0.717, 1.165) is 4.47 Å². The molecule has 0 aliphatic carbocycles. The number of thiophene rings is 1. The molecule has 2 nitrogen and oxygen atoms in total. The van der Waals surface area contributed by atoms with E-state index in [1.54, 1.807) is 11.3 Å². The monoisotopic (exact) mass is 263 g/mol. The molecule has 0 aromatic carbocycles. The molecule has 0 bridgehead atoms.